The van der Waals surface area contributed by atoms with Crippen LogP contribution < -0.4 is 14.8 Å². The van der Waals surface area contributed by atoms with Gasteiger partial charge in [-0.3, -0.25) is 9.59 Å². The van der Waals surface area contributed by atoms with Crippen LogP contribution >= 0.6 is 0 Å². The predicted molar refractivity (Wildman–Crippen MR) is 77.7 cm³/mol. The summed E-state index contributed by atoms with van der Waals surface area (Å²) in [5.74, 6) is -0.389. The molecule has 1 aromatic carbocycles. The fraction of sp³-hybridized carbons (Fsp3) is 0.400. The summed E-state index contributed by atoms with van der Waals surface area (Å²) in [6.07, 6.45) is 1.20. The number of methoxy groups -OCH3 is 1. The molecule has 0 radical (unpaired) electrons. The van der Waals surface area contributed by atoms with Gasteiger partial charge in [0.15, 0.2) is 18.1 Å². The molecular weight excluding hydrogens is 288 g/mol. The first kappa shape index (κ1) is 17.3. The minimum atomic E-state index is -0.845. The lowest BCUT2D eigenvalue weighted by atomic mass is 10.2. The zero-order valence-electron chi connectivity index (χ0n) is 12.3. The molecule has 0 saturated carbocycles. The van der Waals surface area contributed by atoms with E-state index in [4.69, 9.17) is 19.8 Å². The average molecular weight is 306 g/mol. The molecule has 2 N–H and O–H groups in total. The van der Waals surface area contributed by atoms with Gasteiger partial charge in [-0.05, 0) is 25.0 Å². The van der Waals surface area contributed by atoms with Gasteiger partial charge in [0.1, 0.15) is 0 Å². The number of hydrogen-bond acceptors (Lipinski definition) is 5. The molecule has 0 aromatic heterocycles. The number of nitriles is 1. The van der Waals surface area contributed by atoms with Gasteiger partial charge in [0, 0.05) is 19.0 Å². The van der Waals surface area contributed by atoms with Crippen molar-refractivity contribution in [3.05, 3.63) is 23.8 Å². The Morgan fingerprint density at radius 2 is 2.09 bits per heavy atom. The number of nitrogens with zero attached hydrogens (tertiary/aromatic N) is 1. The molecule has 0 fully saturated rings. The van der Waals surface area contributed by atoms with Crippen molar-refractivity contribution < 1.29 is 24.2 Å². The number of carboxylic acids is 1. The zero-order chi connectivity index (χ0) is 16.4. The number of ether oxygens (including phenoxy) is 2. The molecule has 0 aliphatic carbocycles. The molecule has 0 aliphatic heterocycles. The topological polar surface area (TPSA) is 109 Å². The van der Waals surface area contributed by atoms with Crippen molar-refractivity contribution in [1.29, 1.82) is 5.26 Å². The van der Waals surface area contributed by atoms with Gasteiger partial charge < -0.3 is 19.9 Å². The summed E-state index contributed by atoms with van der Waals surface area (Å²) in [5, 5.41) is 19.9. The first-order valence-corrected chi connectivity index (χ1v) is 6.76. The second-order valence-corrected chi connectivity index (χ2v) is 4.47. The van der Waals surface area contributed by atoms with E-state index in [0.717, 1.165) is 0 Å². The third-order valence-corrected chi connectivity index (χ3v) is 2.79. The summed E-state index contributed by atoms with van der Waals surface area (Å²) >= 11 is 0. The van der Waals surface area contributed by atoms with Crippen molar-refractivity contribution in [2.45, 2.75) is 19.3 Å². The Balaban J connectivity index is 2.35. The third-order valence-electron chi connectivity index (χ3n) is 2.79. The summed E-state index contributed by atoms with van der Waals surface area (Å²) in [7, 11) is 1.45. The molecule has 0 unspecified atom stereocenters. The summed E-state index contributed by atoms with van der Waals surface area (Å²) in [5.41, 5.74) is 0.437. The molecule has 0 spiro atoms. The van der Waals surface area contributed by atoms with Crippen LogP contribution in [0.5, 0.6) is 11.5 Å². The molecule has 7 nitrogen and oxygen atoms in total. The standard InChI is InChI=1S/C15H18N2O5/c1-21-13-8-11(9-16)5-6-12(13)22-10-14(18)17-7-3-2-4-15(19)20/h5-6,8H,2-4,7,10H2,1H3,(H,17,18)(H,19,20). The van der Waals surface area contributed by atoms with E-state index < -0.39 is 5.97 Å². The molecule has 1 rings (SSSR count). The normalized spacial score (nSPS) is 9.64. The van der Waals surface area contributed by atoms with Gasteiger partial charge in [-0.1, -0.05) is 0 Å². The quantitative estimate of drug-likeness (QED) is 0.666. The number of amides is 1. The van der Waals surface area contributed by atoms with Gasteiger partial charge in [0.05, 0.1) is 18.7 Å². The van der Waals surface area contributed by atoms with Gasteiger partial charge in [0.25, 0.3) is 5.91 Å². The molecule has 0 saturated heterocycles. The number of hydrogen-bond donors (Lipinski definition) is 2. The van der Waals surface area contributed by atoms with Gasteiger partial charge in [-0.2, -0.15) is 5.26 Å². The van der Waals surface area contributed by atoms with Crippen LogP contribution in [0.2, 0.25) is 0 Å². The first-order valence-electron chi connectivity index (χ1n) is 6.76. The van der Waals surface area contributed by atoms with Crippen molar-refractivity contribution in [3.8, 4) is 17.6 Å². The fourth-order valence-electron chi connectivity index (χ4n) is 1.68. The predicted octanol–water partition coefficient (Wildman–Crippen LogP) is 1.32. The number of carbonyl (C=O) groups is 2. The second kappa shape index (κ2) is 9.23. The number of carboxylic acid groups (broad SMARTS) is 1. The Hall–Kier alpha value is -2.75. The summed E-state index contributed by atoms with van der Waals surface area (Å²) in [6, 6.07) is 6.65. The lowest BCUT2D eigenvalue weighted by Gasteiger charge is -2.11. The van der Waals surface area contributed by atoms with E-state index in [1.54, 1.807) is 12.1 Å². The Kier molecular flexibility index (Phi) is 7.26. The van der Waals surface area contributed by atoms with Crippen molar-refractivity contribution in [1.82, 2.24) is 5.32 Å². The first-order chi connectivity index (χ1) is 10.6. The Morgan fingerprint density at radius 1 is 1.32 bits per heavy atom. The second-order valence-electron chi connectivity index (χ2n) is 4.47. The molecule has 118 valence electrons. The molecule has 1 aromatic rings. The van der Waals surface area contributed by atoms with E-state index in [-0.39, 0.29) is 18.9 Å². The monoisotopic (exact) mass is 306 g/mol. The minimum absolute atomic E-state index is 0.0921. The number of nitrogens with one attached hydrogen (secondary N) is 1. The molecule has 22 heavy (non-hydrogen) atoms. The van der Waals surface area contributed by atoms with Gasteiger partial charge in [0.2, 0.25) is 0 Å². The van der Waals surface area contributed by atoms with Crippen LogP contribution in [0.15, 0.2) is 18.2 Å². The van der Waals surface area contributed by atoms with Crippen molar-refractivity contribution in [3.63, 3.8) is 0 Å². The van der Waals surface area contributed by atoms with Crippen molar-refractivity contribution in [2.24, 2.45) is 0 Å². The lowest BCUT2D eigenvalue weighted by molar-refractivity contribution is -0.137. The maximum absolute atomic E-state index is 11.6. The molecule has 0 bridgehead atoms. The highest BCUT2D eigenvalue weighted by Gasteiger charge is 2.08. The number of rotatable bonds is 9. The number of aliphatic carboxylic acids is 1. The van der Waals surface area contributed by atoms with Crippen LogP contribution in [0.1, 0.15) is 24.8 Å². The van der Waals surface area contributed by atoms with Gasteiger partial charge in [-0.25, -0.2) is 0 Å². The van der Waals surface area contributed by atoms with Crippen LogP contribution in [0.25, 0.3) is 0 Å². The highest BCUT2D eigenvalue weighted by Crippen LogP contribution is 2.27. The zero-order valence-corrected chi connectivity index (χ0v) is 12.3. The lowest BCUT2D eigenvalue weighted by Crippen LogP contribution is -2.29. The van der Waals surface area contributed by atoms with E-state index in [1.165, 1.54) is 13.2 Å². The minimum Gasteiger partial charge on any atom is -0.493 e. The number of unbranched alkanes of at least 4 members (excludes halogenated alkanes) is 1. The van der Waals surface area contributed by atoms with Crippen LogP contribution in [0, 0.1) is 11.3 Å². The Labute approximate surface area is 128 Å². The van der Waals surface area contributed by atoms with Crippen molar-refractivity contribution in [2.75, 3.05) is 20.3 Å². The Bertz CT molecular complexity index is 566. The third kappa shape index (κ3) is 6.13. The van der Waals surface area contributed by atoms with Crippen LogP contribution in [-0.2, 0) is 9.59 Å². The van der Waals surface area contributed by atoms with Crippen LogP contribution in [0.4, 0.5) is 0 Å². The van der Waals surface area contributed by atoms with E-state index >= 15 is 0 Å². The highest BCUT2D eigenvalue weighted by atomic mass is 16.5. The average Bonchev–Trinajstić information content (AvgIpc) is 2.52. The van der Waals surface area contributed by atoms with Crippen LogP contribution in [-0.4, -0.2) is 37.2 Å². The molecule has 0 aliphatic rings. The Morgan fingerprint density at radius 3 is 2.73 bits per heavy atom. The summed E-state index contributed by atoms with van der Waals surface area (Å²) < 4.78 is 10.4. The van der Waals surface area contributed by atoms with E-state index in [2.05, 4.69) is 5.32 Å². The number of benzene rings is 1. The fourth-order valence-corrected chi connectivity index (χ4v) is 1.68. The molecule has 7 heteroatoms. The van der Waals surface area contributed by atoms with Gasteiger partial charge in [-0.15, -0.1) is 0 Å². The van der Waals surface area contributed by atoms with Gasteiger partial charge >= 0.3 is 5.97 Å². The SMILES string of the molecule is COc1cc(C#N)ccc1OCC(=O)NCCCCC(=O)O. The number of carbonyl (C=O) groups excluding carboxylic acids is 1. The summed E-state index contributed by atoms with van der Waals surface area (Å²) in [6.45, 7) is 0.223. The van der Waals surface area contributed by atoms with Crippen LogP contribution in [0.3, 0.4) is 0 Å². The molecular formula is C15H18N2O5. The smallest absolute Gasteiger partial charge is 0.303 e. The highest BCUT2D eigenvalue weighted by molar-refractivity contribution is 5.77. The maximum atomic E-state index is 11.6. The maximum Gasteiger partial charge on any atom is 0.303 e. The summed E-state index contributed by atoms with van der Waals surface area (Å²) in [4.78, 5) is 21.9. The van der Waals surface area contributed by atoms with Crippen molar-refractivity contribution >= 4 is 11.9 Å². The van der Waals surface area contributed by atoms with E-state index in [1.807, 2.05) is 6.07 Å². The van der Waals surface area contributed by atoms with E-state index in [9.17, 15) is 9.59 Å². The molecule has 0 heterocycles. The molecule has 1 amide bonds. The van der Waals surface area contributed by atoms with E-state index in [0.29, 0.717) is 36.4 Å². The largest absolute Gasteiger partial charge is 0.493 e. The molecule has 0 atom stereocenters.